The summed E-state index contributed by atoms with van der Waals surface area (Å²) in [5, 5.41) is 9.32. The second-order valence-electron chi connectivity index (χ2n) is 3.24. The van der Waals surface area contributed by atoms with Crippen LogP contribution in [0.2, 0.25) is 0 Å². The van der Waals surface area contributed by atoms with Gasteiger partial charge >= 0.3 is 6.18 Å². The summed E-state index contributed by atoms with van der Waals surface area (Å²) < 4.78 is 37.7. The second kappa shape index (κ2) is 4.16. The monoisotopic (exact) mass is 240 g/mol. The van der Waals surface area contributed by atoms with Gasteiger partial charge in [-0.3, -0.25) is 4.79 Å². The fourth-order valence-electron chi connectivity index (χ4n) is 1.50. The van der Waals surface area contributed by atoms with Crippen LogP contribution < -0.4 is 5.56 Å². The Kier molecular flexibility index (Phi) is 3.22. The molecule has 0 unspecified atom stereocenters. The van der Waals surface area contributed by atoms with Crippen molar-refractivity contribution in [1.29, 1.82) is 0 Å². The van der Waals surface area contributed by atoms with E-state index in [0.29, 0.717) is 0 Å². The zero-order valence-corrected chi connectivity index (χ0v) is 8.38. The Bertz CT molecular complexity index is 607. The predicted molar refractivity (Wildman–Crippen MR) is 57.0 cm³/mol. The molecule has 0 aliphatic heterocycles. The maximum absolute atomic E-state index is 12.6. The number of rotatable bonds is 0. The number of halogens is 3. The van der Waals surface area contributed by atoms with Gasteiger partial charge in [0.25, 0.3) is 5.56 Å². The molecule has 2 rings (SSSR count). The third-order valence-electron chi connectivity index (χ3n) is 2.16. The Hall–Kier alpha value is -1.92. The van der Waals surface area contributed by atoms with Gasteiger partial charge in [0.2, 0.25) is 0 Å². The van der Waals surface area contributed by atoms with E-state index in [1.165, 1.54) is 12.1 Å². The Morgan fingerprint density at radius 3 is 2.47 bits per heavy atom. The lowest BCUT2D eigenvalue weighted by atomic mass is 10.1. The van der Waals surface area contributed by atoms with Crippen molar-refractivity contribution >= 4 is 19.3 Å². The molecule has 0 atom stereocenters. The summed E-state index contributed by atoms with van der Waals surface area (Å²) in [5.74, 6) is -0.468. The molecule has 1 aromatic carbocycles. The molecule has 1 aromatic heterocycles. The van der Waals surface area contributed by atoms with Gasteiger partial charge in [-0.25, -0.2) is 0 Å². The molecule has 0 fully saturated rings. The standard InChI is InChI=1S/C10H6F3NO2.B/c11-10(12,13)6-3-1-2-5-7(15)4-8(16)14-9(5)6;/h1-4H,(H2,14,15,16);. The number of fused-ring (bicyclic) bond motifs is 1. The number of aromatic nitrogens is 1. The molecular weight excluding hydrogens is 234 g/mol. The minimum Gasteiger partial charge on any atom is -0.507 e. The molecule has 2 N–H and O–H groups in total. The molecule has 0 spiro atoms. The van der Waals surface area contributed by atoms with Crippen molar-refractivity contribution in [2.75, 3.05) is 0 Å². The highest BCUT2D eigenvalue weighted by molar-refractivity contribution is 5.87. The van der Waals surface area contributed by atoms with Gasteiger partial charge < -0.3 is 10.1 Å². The topological polar surface area (TPSA) is 53.1 Å². The average Bonchev–Trinajstić information content (AvgIpc) is 2.15. The lowest BCUT2D eigenvalue weighted by molar-refractivity contribution is -0.136. The van der Waals surface area contributed by atoms with E-state index in [4.69, 9.17) is 0 Å². The molecule has 87 valence electrons. The van der Waals surface area contributed by atoms with Gasteiger partial charge in [-0.05, 0) is 12.1 Å². The van der Waals surface area contributed by atoms with Gasteiger partial charge in [0.05, 0.1) is 11.1 Å². The highest BCUT2D eigenvalue weighted by Crippen LogP contribution is 2.35. The Morgan fingerprint density at radius 1 is 1.24 bits per heavy atom. The number of hydrogen-bond donors (Lipinski definition) is 2. The number of aromatic amines is 1. The normalized spacial score (nSPS) is 11.2. The van der Waals surface area contributed by atoms with Crippen molar-refractivity contribution in [3.8, 4) is 5.75 Å². The first-order chi connectivity index (χ1) is 7.39. The van der Waals surface area contributed by atoms with Crippen LogP contribution in [0.1, 0.15) is 5.56 Å². The van der Waals surface area contributed by atoms with E-state index < -0.39 is 28.6 Å². The quantitative estimate of drug-likeness (QED) is 0.690. The maximum atomic E-state index is 12.6. The fraction of sp³-hybridized carbons (Fsp3) is 0.100. The molecule has 7 heteroatoms. The highest BCUT2D eigenvalue weighted by atomic mass is 19.4. The van der Waals surface area contributed by atoms with Crippen LogP contribution in [0, 0.1) is 0 Å². The number of para-hydroxylation sites is 1. The van der Waals surface area contributed by atoms with Crippen LogP contribution in [0.4, 0.5) is 13.2 Å². The number of aromatic hydroxyl groups is 1. The number of hydrogen-bond acceptors (Lipinski definition) is 2. The zero-order valence-electron chi connectivity index (χ0n) is 8.38. The van der Waals surface area contributed by atoms with Crippen LogP contribution in [0.25, 0.3) is 10.9 Å². The summed E-state index contributed by atoms with van der Waals surface area (Å²) in [4.78, 5) is 13.1. The van der Waals surface area contributed by atoms with Crippen LogP contribution in [0.5, 0.6) is 5.75 Å². The number of nitrogens with one attached hydrogen (secondary N) is 1. The van der Waals surface area contributed by atoms with Gasteiger partial charge in [0, 0.05) is 19.9 Å². The first-order valence-corrected chi connectivity index (χ1v) is 4.32. The number of alkyl halides is 3. The molecule has 0 saturated heterocycles. The van der Waals surface area contributed by atoms with Crippen LogP contribution in [0.15, 0.2) is 29.1 Å². The van der Waals surface area contributed by atoms with E-state index >= 15 is 0 Å². The van der Waals surface area contributed by atoms with E-state index in [-0.39, 0.29) is 13.8 Å². The smallest absolute Gasteiger partial charge is 0.418 e. The number of benzene rings is 1. The van der Waals surface area contributed by atoms with E-state index in [1.807, 2.05) is 0 Å². The first-order valence-electron chi connectivity index (χ1n) is 4.32. The van der Waals surface area contributed by atoms with E-state index in [0.717, 1.165) is 12.1 Å². The minimum absolute atomic E-state index is 0. The lowest BCUT2D eigenvalue weighted by Crippen LogP contribution is -2.10. The van der Waals surface area contributed by atoms with E-state index in [9.17, 15) is 23.1 Å². The molecule has 0 saturated carbocycles. The molecule has 1 heterocycles. The van der Waals surface area contributed by atoms with Crippen LogP contribution in [0.3, 0.4) is 0 Å². The van der Waals surface area contributed by atoms with Crippen molar-refractivity contribution in [2.45, 2.75) is 6.18 Å². The van der Waals surface area contributed by atoms with Crippen molar-refractivity contribution in [3.05, 3.63) is 40.2 Å². The van der Waals surface area contributed by atoms with E-state index in [2.05, 4.69) is 4.98 Å². The molecule has 0 bridgehead atoms. The third kappa shape index (κ3) is 2.27. The van der Waals surface area contributed by atoms with Crippen LogP contribution >= 0.6 is 0 Å². The maximum Gasteiger partial charge on any atom is 0.418 e. The third-order valence-corrected chi connectivity index (χ3v) is 2.16. The molecule has 3 nitrogen and oxygen atoms in total. The van der Waals surface area contributed by atoms with Gasteiger partial charge in [-0.2, -0.15) is 13.2 Å². The van der Waals surface area contributed by atoms with Crippen LogP contribution in [-0.2, 0) is 6.18 Å². The van der Waals surface area contributed by atoms with Gasteiger partial charge in [-0.15, -0.1) is 0 Å². The summed E-state index contributed by atoms with van der Waals surface area (Å²) >= 11 is 0. The van der Waals surface area contributed by atoms with Gasteiger partial charge in [0.15, 0.2) is 0 Å². The molecule has 0 aliphatic carbocycles. The molecule has 0 aliphatic rings. The molecule has 2 aromatic rings. The molecule has 0 amide bonds. The van der Waals surface area contributed by atoms with Crippen molar-refractivity contribution < 1.29 is 18.3 Å². The van der Waals surface area contributed by atoms with Crippen LogP contribution in [-0.4, -0.2) is 18.5 Å². The Balaban J connectivity index is 0.00000144. The first kappa shape index (κ1) is 13.2. The van der Waals surface area contributed by atoms with Gasteiger partial charge in [-0.1, -0.05) is 6.07 Å². The van der Waals surface area contributed by atoms with Gasteiger partial charge in [0.1, 0.15) is 5.75 Å². The summed E-state index contributed by atoms with van der Waals surface area (Å²) in [5.41, 5.74) is -2.15. The zero-order chi connectivity index (χ0) is 11.9. The van der Waals surface area contributed by atoms with E-state index in [1.54, 1.807) is 0 Å². The number of H-pyrrole nitrogens is 1. The van der Waals surface area contributed by atoms with Crippen molar-refractivity contribution in [3.63, 3.8) is 0 Å². The lowest BCUT2D eigenvalue weighted by Gasteiger charge is -2.10. The Labute approximate surface area is 95.5 Å². The molecular formula is C10H6BF3NO2. The SMILES string of the molecule is O=c1cc(O)c2cccc(C(F)(F)F)c2[nH]1.[B]. The average molecular weight is 240 g/mol. The van der Waals surface area contributed by atoms with Crippen molar-refractivity contribution in [2.24, 2.45) is 0 Å². The number of pyridine rings is 1. The Morgan fingerprint density at radius 2 is 1.88 bits per heavy atom. The highest BCUT2D eigenvalue weighted by Gasteiger charge is 2.33. The molecule has 3 radical (unpaired) electrons. The largest absolute Gasteiger partial charge is 0.507 e. The summed E-state index contributed by atoms with van der Waals surface area (Å²) in [6, 6.07) is 4.15. The minimum atomic E-state index is -4.57. The second-order valence-corrected chi connectivity index (χ2v) is 3.24. The predicted octanol–water partition coefficient (Wildman–Crippen LogP) is 1.87. The molecule has 17 heavy (non-hydrogen) atoms. The summed E-state index contributed by atoms with van der Waals surface area (Å²) in [7, 11) is 0. The summed E-state index contributed by atoms with van der Waals surface area (Å²) in [6.45, 7) is 0. The van der Waals surface area contributed by atoms with Crippen molar-refractivity contribution in [1.82, 2.24) is 4.98 Å². The fourth-order valence-corrected chi connectivity index (χ4v) is 1.50. The summed E-state index contributed by atoms with van der Waals surface area (Å²) in [6.07, 6.45) is -4.57.